The lowest BCUT2D eigenvalue weighted by Crippen LogP contribution is -2.26. The molecular formula is C21H26BrNO5. The van der Waals surface area contributed by atoms with E-state index in [1.165, 1.54) is 0 Å². The van der Waals surface area contributed by atoms with Gasteiger partial charge in [-0.1, -0.05) is 6.07 Å². The van der Waals surface area contributed by atoms with Gasteiger partial charge in [0, 0.05) is 5.56 Å². The minimum Gasteiger partial charge on any atom is -0.495 e. The van der Waals surface area contributed by atoms with Crippen LogP contribution in [0.15, 0.2) is 34.8 Å². The lowest BCUT2D eigenvalue weighted by Gasteiger charge is -2.18. The van der Waals surface area contributed by atoms with Crippen LogP contribution in [-0.4, -0.2) is 33.3 Å². The molecule has 0 radical (unpaired) electrons. The number of carbonyl (C=O) groups is 1. The van der Waals surface area contributed by atoms with Crippen LogP contribution in [0.4, 0.5) is 0 Å². The lowest BCUT2D eigenvalue weighted by molar-refractivity contribution is 0.0939. The Labute approximate surface area is 174 Å². The van der Waals surface area contributed by atoms with Crippen LogP contribution < -0.4 is 24.3 Å². The summed E-state index contributed by atoms with van der Waals surface area (Å²) in [4.78, 5) is 12.8. The Balaban J connectivity index is 2.23. The summed E-state index contributed by atoms with van der Waals surface area (Å²) in [7, 11) is 3.08. The first kappa shape index (κ1) is 21.9. The highest BCUT2D eigenvalue weighted by atomic mass is 79.9. The van der Waals surface area contributed by atoms with Crippen molar-refractivity contribution in [2.45, 2.75) is 26.8 Å². The summed E-state index contributed by atoms with van der Waals surface area (Å²) in [6.45, 7) is 6.84. The van der Waals surface area contributed by atoms with Crippen molar-refractivity contribution in [3.63, 3.8) is 0 Å². The lowest BCUT2D eigenvalue weighted by atomic mass is 10.1. The maximum Gasteiger partial charge on any atom is 0.252 e. The summed E-state index contributed by atoms with van der Waals surface area (Å²) in [6.07, 6.45) is 0. The van der Waals surface area contributed by atoms with Crippen LogP contribution in [0, 0.1) is 0 Å². The molecule has 0 saturated carbocycles. The van der Waals surface area contributed by atoms with Crippen LogP contribution in [0.5, 0.6) is 23.0 Å². The number of methoxy groups -OCH3 is 2. The first-order valence-corrected chi connectivity index (χ1v) is 9.86. The van der Waals surface area contributed by atoms with Crippen molar-refractivity contribution in [3.8, 4) is 23.0 Å². The second-order valence-corrected chi connectivity index (χ2v) is 6.76. The number of amides is 1. The van der Waals surface area contributed by atoms with E-state index in [2.05, 4.69) is 21.2 Å². The van der Waals surface area contributed by atoms with Crippen LogP contribution >= 0.6 is 15.9 Å². The number of ether oxygens (including phenoxy) is 4. The molecule has 0 aliphatic carbocycles. The molecule has 2 aromatic rings. The molecule has 1 atom stereocenters. The van der Waals surface area contributed by atoms with E-state index in [1.54, 1.807) is 26.4 Å². The van der Waals surface area contributed by atoms with Crippen molar-refractivity contribution in [3.05, 3.63) is 45.9 Å². The average molecular weight is 452 g/mol. The molecular weight excluding hydrogens is 426 g/mol. The smallest absolute Gasteiger partial charge is 0.252 e. The molecule has 7 heteroatoms. The minimum absolute atomic E-state index is 0.233. The summed E-state index contributed by atoms with van der Waals surface area (Å²) in [5.41, 5.74) is 1.36. The van der Waals surface area contributed by atoms with Gasteiger partial charge in [-0.05, 0) is 66.5 Å². The fourth-order valence-electron chi connectivity index (χ4n) is 2.70. The third-order valence-electron chi connectivity index (χ3n) is 4.12. The minimum atomic E-state index is -0.233. The third kappa shape index (κ3) is 5.10. The number of carbonyl (C=O) groups excluding carboxylic acids is 1. The van der Waals surface area contributed by atoms with Crippen LogP contribution in [-0.2, 0) is 0 Å². The van der Waals surface area contributed by atoms with E-state index in [4.69, 9.17) is 18.9 Å². The van der Waals surface area contributed by atoms with E-state index in [1.807, 2.05) is 39.0 Å². The summed E-state index contributed by atoms with van der Waals surface area (Å²) in [5, 5.41) is 2.99. The molecule has 0 bridgehead atoms. The summed E-state index contributed by atoms with van der Waals surface area (Å²) in [6, 6.07) is 8.77. The number of halogens is 1. The molecule has 0 fully saturated rings. The monoisotopic (exact) mass is 451 g/mol. The molecule has 0 saturated heterocycles. The number of benzene rings is 2. The quantitative estimate of drug-likeness (QED) is 0.595. The highest BCUT2D eigenvalue weighted by molar-refractivity contribution is 9.10. The van der Waals surface area contributed by atoms with Crippen molar-refractivity contribution in [2.24, 2.45) is 0 Å². The Morgan fingerprint density at radius 2 is 1.54 bits per heavy atom. The topological polar surface area (TPSA) is 66.0 Å². The molecule has 0 aliphatic heterocycles. The fourth-order valence-corrected chi connectivity index (χ4v) is 3.25. The van der Waals surface area contributed by atoms with Crippen molar-refractivity contribution in [1.29, 1.82) is 0 Å². The molecule has 0 aromatic heterocycles. The van der Waals surface area contributed by atoms with Gasteiger partial charge >= 0.3 is 0 Å². The molecule has 2 rings (SSSR count). The Hall–Kier alpha value is -2.41. The molecule has 0 aliphatic rings. The normalized spacial score (nSPS) is 11.5. The fraction of sp³-hybridized carbons (Fsp3) is 0.381. The molecule has 1 unspecified atom stereocenters. The second kappa shape index (κ2) is 10.2. The van der Waals surface area contributed by atoms with Gasteiger partial charge in [-0.15, -0.1) is 0 Å². The molecule has 0 spiro atoms. The standard InChI is InChI=1S/C21H26BrNO5/c1-6-27-16-9-8-14(10-17(16)28-7-2)13(3)23-21(24)15-11-18(25-4)20(22)19(12-15)26-5/h8-13H,6-7H2,1-5H3,(H,23,24). The molecule has 2 aromatic carbocycles. The van der Waals surface area contributed by atoms with Crippen LogP contribution in [0.2, 0.25) is 0 Å². The Bertz CT molecular complexity index is 799. The average Bonchev–Trinajstić information content (AvgIpc) is 2.69. The number of hydrogen-bond acceptors (Lipinski definition) is 5. The van der Waals surface area contributed by atoms with E-state index >= 15 is 0 Å². The van der Waals surface area contributed by atoms with Crippen molar-refractivity contribution >= 4 is 21.8 Å². The summed E-state index contributed by atoms with van der Waals surface area (Å²) in [5.74, 6) is 2.17. The maximum absolute atomic E-state index is 12.8. The zero-order valence-corrected chi connectivity index (χ0v) is 18.4. The van der Waals surface area contributed by atoms with Gasteiger partial charge in [0.1, 0.15) is 16.0 Å². The summed E-state index contributed by atoms with van der Waals surface area (Å²) >= 11 is 3.41. The zero-order chi connectivity index (χ0) is 20.7. The largest absolute Gasteiger partial charge is 0.495 e. The van der Waals surface area contributed by atoms with Crippen molar-refractivity contribution < 1.29 is 23.7 Å². The van der Waals surface area contributed by atoms with E-state index in [-0.39, 0.29) is 11.9 Å². The molecule has 0 heterocycles. The van der Waals surface area contributed by atoms with Gasteiger partial charge in [0.2, 0.25) is 0 Å². The van der Waals surface area contributed by atoms with E-state index in [0.29, 0.717) is 46.2 Å². The van der Waals surface area contributed by atoms with Gasteiger partial charge in [-0.25, -0.2) is 0 Å². The summed E-state index contributed by atoms with van der Waals surface area (Å²) < 4.78 is 22.5. The first-order chi connectivity index (χ1) is 13.4. The van der Waals surface area contributed by atoms with Crippen molar-refractivity contribution in [2.75, 3.05) is 27.4 Å². The number of nitrogens with one attached hydrogen (secondary N) is 1. The predicted octanol–water partition coefficient (Wildman–Crippen LogP) is 4.75. The number of rotatable bonds is 9. The molecule has 28 heavy (non-hydrogen) atoms. The van der Waals surface area contributed by atoms with E-state index < -0.39 is 0 Å². The van der Waals surface area contributed by atoms with Gasteiger partial charge < -0.3 is 24.3 Å². The van der Waals surface area contributed by atoms with Gasteiger partial charge in [-0.2, -0.15) is 0 Å². The van der Waals surface area contributed by atoms with Crippen LogP contribution in [0.25, 0.3) is 0 Å². The first-order valence-electron chi connectivity index (χ1n) is 9.07. The molecule has 1 amide bonds. The third-order valence-corrected chi connectivity index (χ3v) is 4.90. The van der Waals surface area contributed by atoms with Gasteiger partial charge in [-0.3, -0.25) is 4.79 Å². The Kier molecular flexibility index (Phi) is 7.99. The van der Waals surface area contributed by atoms with Gasteiger partial charge in [0.05, 0.1) is 33.5 Å². The van der Waals surface area contributed by atoms with Crippen LogP contribution in [0.1, 0.15) is 42.7 Å². The van der Waals surface area contributed by atoms with E-state index in [9.17, 15) is 4.79 Å². The second-order valence-electron chi connectivity index (χ2n) is 5.96. The predicted molar refractivity (Wildman–Crippen MR) is 112 cm³/mol. The Morgan fingerprint density at radius 1 is 0.964 bits per heavy atom. The molecule has 1 N–H and O–H groups in total. The maximum atomic E-state index is 12.8. The zero-order valence-electron chi connectivity index (χ0n) is 16.8. The highest BCUT2D eigenvalue weighted by Gasteiger charge is 2.18. The number of hydrogen-bond donors (Lipinski definition) is 1. The van der Waals surface area contributed by atoms with E-state index in [0.717, 1.165) is 5.56 Å². The highest BCUT2D eigenvalue weighted by Crippen LogP contribution is 2.36. The SMILES string of the molecule is CCOc1ccc(C(C)NC(=O)c2cc(OC)c(Br)c(OC)c2)cc1OCC. The van der Waals surface area contributed by atoms with Gasteiger partial charge in [0.25, 0.3) is 5.91 Å². The van der Waals surface area contributed by atoms with Crippen molar-refractivity contribution in [1.82, 2.24) is 5.32 Å². The molecule has 152 valence electrons. The van der Waals surface area contributed by atoms with Gasteiger partial charge in [0.15, 0.2) is 11.5 Å². The van der Waals surface area contributed by atoms with Crippen LogP contribution in [0.3, 0.4) is 0 Å². The molecule has 6 nitrogen and oxygen atoms in total. The Morgan fingerprint density at radius 3 is 2.07 bits per heavy atom.